The number of aliphatic hydroxyl groups is 1. The van der Waals surface area contributed by atoms with Gasteiger partial charge in [-0.3, -0.25) is 9.20 Å². The first-order valence-corrected chi connectivity index (χ1v) is 10.5. The number of aliphatic hydroxyl groups excluding tert-OH is 1. The smallest absolute Gasteiger partial charge is 0.265 e. The van der Waals surface area contributed by atoms with Crippen molar-refractivity contribution >= 4 is 27.0 Å². The third-order valence-corrected chi connectivity index (χ3v) is 5.99. The number of benzene rings is 1. The summed E-state index contributed by atoms with van der Waals surface area (Å²) in [4.78, 5) is 17.1. The lowest BCUT2D eigenvalue weighted by atomic mass is 10.2. The Kier molecular flexibility index (Phi) is 5.66. The number of sulfone groups is 1. The molecule has 0 spiro atoms. The second kappa shape index (κ2) is 7.99. The predicted molar refractivity (Wildman–Crippen MR) is 107 cm³/mol. The molecule has 0 fully saturated rings. The van der Waals surface area contributed by atoms with Crippen LogP contribution < -0.4 is 15.6 Å². The number of aromatic nitrogens is 2. The van der Waals surface area contributed by atoms with Crippen LogP contribution in [0.2, 0.25) is 0 Å². The highest BCUT2D eigenvalue weighted by Crippen LogP contribution is 2.22. The van der Waals surface area contributed by atoms with Gasteiger partial charge in [-0.25, -0.2) is 13.4 Å². The highest BCUT2D eigenvalue weighted by Gasteiger charge is 2.15. The van der Waals surface area contributed by atoms with E-state index in [0.29, 0.717) is 22.6 Å². The van der Waals surface area contributed by atoms with Crippen LogP contribution in [0, 0.1) is 0 Å². The summed E-state index contributed by atoms with van der Waals surface area (Å²) < 4.78 is 30.1. The summed E-state index contributed by atoms with van der Waals surface area (Å²) in [6.07, 6.45) is 1.55. The van der Waals surface area contributed by atoms with E-state index >= 15 is 0 Å². The lowest BCUT2D eigenvalue weighted by Gasteiger charge is -2.13. The Morgan fingerprint density at radius 3 is 2.54 bits per heavy atom. The SMILES string of the molecule is CCS(=O)(=O)Cc1ccc(Nc2nc3c(OC)cccn3c(=O)c2CO)cc1. The van der Waals surface area contributed by atoms with Crippen molar-refractivity contribution in [1.29, 1.82) is 0 Å². The molecule has 0 radical (unpaired) electrons. The molecule has 0 aliphatic rings. The fourth-order valence-corrected chi connectivity index (χ4v) is 3.66. The zero-order valence-electron chi connectivity index (χ0n) is 15.5. The Hall–Kier alpha value is -2.91. The molecule has 0 bridgehead atoms. The molecule has 3 rings (SSSR count). The van der Waals surface area contributed by atoms with Crippen molar-refractivity contribution in [3.63, 3.8) is 0 Å². The van der Waals surface area contributed by atoms with Gasteiger partial charge in [0.05, 0.1) is 25.0 Å². The maximum atomic E-state index is 12.7. The fourth-order valence-electron chi connectivity index (χ4n) is 2.76. The molecular formula is C19H21N3O5S. The number of fused-ring (bicyclic) bond motifs is 1. The minimum atomic E-state index is -3.12. The number of ether oxygens (including phenoxy) is 1. The molecule has 28 heavy (non-hydrogen) atoms. The average Bonchev–Trinajstić information content (AvgIpc) is 2.69. The van der Waals surface area contributed by atoms with Gasteiger partial charge >= 0.3 is 0 Å². The van der Waals surface area contributed by atoms with Crippen LogP contribution in [-0.4, -0.2) is 35.8 Å². The molecule has 3 aromatic rings. The van der Waals surface area contributed by atoms with Crippen molar-refractivity contribution < 1.29 is 18.3 Å². The van der Waals surface area contributed by atoms with Crippen molar-refractivity contribution in [3.8, 4) is 5.75 Å². The lowest BCUT2D eigenvalue weighted by Crippen LogP contribution is -2.22. The van der Waals surface area contributed by atoms with Gasteiger partial charge in [-0.2, -0.15) is 0 Å². The summed E-state index contributed by atoms with van der Waals surface area (Å²) in [7, 11) is -1.63. The standard InChI is InChI=1S/C19H21N3O5S/c1-3-28(25,26)12-13-6-8-14(9-7-13)20-17-15(11-23)19(24)22-10-4-5-16(27-2)18(22)21-17/h4-10,20,23H,3,11-12H2,1-2H3. The summed E-state index contributed by atoms with van der Waals surface area (Å²) in [6, 6.07) is 10.1. The van der Waals surface area contributed by atoms with Crippen LogP contribution in [-0.2, 0) is 22.2 Å². The van der Waals surface area contributed by atoms with Crippen LogP contribution in [0.3, 0.4) is 0 Å². The topological polar surface area (TPSA) is 110 Å². The molecule has 8 nitrogen and oxygen atoms in total. The minimum Gasteiger partial charge on any atom is -0.493 e. The van der Waals surface area contributed by atoms with Crippen molar-refractivity contribution in [1.82, 2.24) is 9.38 Å². The Morgan fingerprint density at radius 2 is 1.93 bits per heavy atom. The van der Waals surface area contributed by atoms with E-state index in [-0.39, 0.29) is 22.9 Å². The number of hydrogen-bond donors (Lipinski definition) is 2. The molecule has 0 aliphatic heterocycles. The average molecular weight is 403 g/mol. The highest BCUT2D eigenvalue weighted by atomic mass is 32.2. The number of pyridine rings is 1. The molecular weight excluding hydrogens is 382 g/mol. The first kappa shape index (κ1) is 19.8. The predicted octanol–water partition coefficient (Wildman–Crippen LogP) is 1.87. The molecule has 0 unspecified atom stereocenters. The Morgan fingerprint density at radius 1 is 1.21 bits per heavy atom. The summed E-state index contributed by atoms with van der Waals surface area (Å²) in [5.74, 6) is 0.691. The minimum absolute atomic E-state index is 0.0293. The van der Waals surface area contributed by atoms with Crippen molar-refractivity contribution in [2.75, 3.05) is 18.2 Å². The lowest BCUT2D eigenvalue weighted by molar-refractivity contribution is 0.280. The van der Waals surface area contributed by atoms with Crippen LogP contribution in [0.25, 0.3) is 5.65 Å². The Bertz CT molecular complexity index is 1150. The molecule has 0 atom stereocenters. The Balaban J connectivity index is 1.99. The van der Waals surface area contributed by atoms with Gasteiger partial charge in [-0.05, 0) is 29.8 Å². The van der Waals surface area contributed by atoms with E-state index in [1.807, 2.05) is 0 Å². The Labute approximate surface area is 162 Å². The molecule has 0 aliphatic carbocycles. The van der Waals surface area contributed by atoms with E-state index in [1.54, 1.807) is 49.5 Å². The molecule has 9 heteroatoms. The van der Waals surface area contributed by atoms with Crippen LogP contribution in [0.4, 0.5) is 11.5 Å². The summed E-state index contributed by atoms with van der Waals surface area (Å²) in [6.45, 7) is 1.13. The summed E-state index contributed by atoms with van der Waals surface area (Å²) >= 11 is 0. The maximum absolute atomic E-state index is 12.7. The van der Waals surface area contributed by atoms with E-state index in [2.05, 4.69) is 10.3 Å². The van der Waals surface area contributed by atoms with E-state index in [0.717, 1.165) is 0 Å². The normalized spacial score (nSPS) is 11.5. The van der Waals surface area contributed by atoms with Gasteiger partial charge in [0.1, 0.15) is 5.82 Å². The second-order valence-corrected chi connectivity index (χ2v) is 8.52. The van der Waals surface area contributed by atoms with Crippen molar-refractivity contribution in [3.05, 3.63) is 64.1 Å². The molecule has 148 valence electrons. The third kappa shape index (κ3) is 4.00. The number of hydrogen-bond acceptors (Lipinski definition) is 7. The monoisotopic (exact) mass is 403 g/mol. The second-order valence-electron chi connectivity index (χ2n) is 6.17. The van der Waals surface area contributed by atoms with Gasteiger partial charge < -0.3 is 15.2 Å². The van der Waals surface area contributed by atoms with Crippen LogP contribution in [0.5, 0.6) is 5.75 Å². The van der Waals surface area contributed by atoms with Crippen LogP contribution in [0.1, 0.15) is 18.1 Å². The summed E-state index contributed by atoms with van der Waals surface area (Å²) in [5.41, 5.74) is 1.31. The summed E-state index contributed by atoms with van der Waals surface area (Å²) in [5, 5.41) is 12.7. The van der Waals surface area contributed by atoms with E-state index in [1.165, 1.54) is 11.5 Å². The highest BCUT2D eigenvalue weighted by molar-refractivity contribution is 7.90. The number of nitrogens with one attached hydrogen (secondary N) is 1. The van der Waals surface area contributed by atoms with Gasteiger partial charge in [-0.15, -0.1) is 0 Å². The number of methoxy groups -OCH3 is 1. The fraction of sp³-hybridized carbons (Fsp3) is 0.263. The largest absolute Gasteiger partial charge is 0.493 e. The van der Waals surface area contributed by atoms with E-state index in [4.69, 9.17) is 4.74 Å². The van der Waals surface area contributed by atoms with Gasteiger partial charge in [0, 0.05) is 17.6 Å². The van der Waals surface area contributed by atoms with E-state index in [9.17, 15) is 18.3 Å². The van der Waals surface area contributed by atoms with Crippen LogP contribution in [0.15, 0.2) is 47.4 Å². The molecule has 0 amide bonds. The number of nitrogens with zero attached hydrogens (tertiary/aromatic N) is 2. The molecule has 1 aromatic carbocycles. The zero-order chi connectivity index (χ0) is 20.3. The zero-order valence-corrected chi connectivity index (χ0v) is 16.4. The molecule has 0 saturated carbocycles. The third-order valence-electron chi connectivity index (χ3n) is 4.33. The van der Waals surface area contributed by atoms with Gasteiger partial charge in [-0.1, -0.05) is 19.1 Å². The van der Waals surface area contributed by atoms with Gasteiger partial charge in [0.15, 0.2) is 21.2 Å². The van der Waals surface area contributed by atoms with Gasteiger partial charge in [0.2, 0.25) is 0 Å². The molecule has 2 heterocycles. The number of rotatable bonds is 7. The van der Waals surface area contributed by atoms with Crippen molar-refractivity contribution in [2.24, 2.45) is 0 Å². The maximum Gasteiger partial charge on any atom is 0.265 e. The molecule has 2 N–H and O–H groups in total. The first-order valence-electron chi connectivity index (χ1n) is 8.64. The van der Waals surface area contributed by atoms with Crippen molar-refractivity contribution in [2.45, 2.75) is 19.3 Å². The first-order chi connectivity index (χ1) is 13.4. The molecule has 0 saturated heterocycles. The van der Waals surface area contributed by atoms with E-state index < -0.39 is 22.0 Å². The molecule has 2 aromatic heterocycles. The van der Waals surface area contributed by atoms with Crippen LogP contribution >= 0.6 is 0 Å². The van der Waals surface area contributed by atoms with Gasteiger partial charge in [0.25, 0.3) is 5.56 Å². The quantitative estimate of drug-likeness (QED) is 0.620. The number of anilines is 2.